The van der Waals surface area contributed by atoms with Gasteiger partial charge in [-0.15, -0.1) is 11.8 Å². The van der Waals surface area contributed by atoms with Crippen molar-refractivity contribution in [2.24, 2.45) is 17.8 Å². The normalized spacial score (nSPS) is 29.2. The number of carboxylic acid groups (broad SMARTS) is 1. The van der Waals surface area contributed by atoms with Crippen LogP contribution in [0.15, 0.2) is 48.2 Å². The Balaban J connectivity index is 1.40. The molecule has 5 heteroatoms. The maximum Gasteiger partial charge on any atom is 0.334 e. The van der Waals surface area contributed by atoms with E-state index in [-0.39, 0.29) is 11.2 Å². The summed E-state index contributed by atoms with van der Waals surface area (Å²) in [5.41, 5.74) is 1.60. The first-order valence-electron chi connectivity index (χ1n) is 10.8. The zero-order valence-electron chi connectivity index (χ0n) is 17.0. The van der Waals surface area contributed by atoms with Crippen molar-refractivity contribution in [3.63, 3.8) is 0 Å². The van der Waals surface area contributed by atoms with E-state index in [0.29, 0.717) is 16.7 Å². The lowest BCUT2D eigenvalue weighted by Gasteiger charge is -2.37. The molecule has 0 radical (unpaired) electrons. The molecule has 0 spiro atoms. The lowest BCUT2D eigenvalue weighted by molar-refractivity contribution is -0.133. The van der Waals surface area contributed by atoms with Crippen molar-refractivity contribution in [3.05, 3.63) is 59.6 Å². The van der Waals surface area contributed by atoms with Crippen molar-refractivity contribution in [3.8, 4) is 0 Å². The Morgan fingerprint density at radius 3 is 2.48 bits per heavy atom. The summed E-state index contributed by atoms with van der Waals surface area (Å²) in [4.78, 5) is 14.2. The fraction of sp³-hybridized carbons (Fsp3) is 0.542. The van der Waals surface area contributed by atoms with Gasteiger partial charge < -0.3 is 10.0 Å². The number of aryl methyl sites for hydroxylation is 1. The summed E-state index contributed by atoms with van der Waals surface area (Å²) < 4.78 is 13.1. The summed E-state index contributed by atoms with van der Waals surface area (Å²) in [5, 5.41) is 9.94. The minimum absolute atomic E-state index is 0.138. The van der Waals surface area contributed by atoms with Gasteiger partial charge >= 0.3 is 5.97 Å². The molecule has 1 heterocycles. The van der Waals surface area contributed by atoms with E-state index in [0.717, 1.165) is 36.8 Å². The first-order chi connectivity index (χ1) is 14.0. The smallest absolute Gasteiger partial charge is 0.334 e. The van der Waals surface area contributed by atoms with Crippen molar-refractivity contribution in [2.45, 2.75) is 56.1 Å². The molecule has 2 atom stereocenters. The maximum absolute atomic E-state index is 13.1. The molecule has 2 fully saturated rings. The lowest BCUT2D eigenvalue weighted by Crippen LogP contribution is -2.39. The monoisotopic (exact) mass is 415 g/mol. The Labute approximate surface area is 177 Å². The molecule has 1 N–H and O–H groups in total. The average Bonchev–Trinajstić information content (AvgIpc) is 3.28. The number of benzene rings is 1. The number of allylic oxidation sites excluding steroid dienone is 2. The number of rotatable bonds is 8. The van der Waals surface area contributed by atoms with Gasteiger partial charge in [-0.3, -0.25) is 0 Å². The van der Waals surface area contributed by atoms with Gasteiger partial charge in [0.05, 0.1) is 5.57 Å². The second kappa shape index (κ2) is 8.95. The second-order valence-electron chi connectivity index (χ2n) is 8.77. The first-order valence-corrected chi connectivity index (χ1v) is 11.7. The quantitative estimate of drug-likeness (QED) is 0.610. The minimum atomic E-state index is -0.822. The molecule has 0 saturated heterocycles. The topological polar surface area (TPSA) is 40.5 Å². The molecule has 2 unspecified atom stereocenters. The zero-order valence-corrected chi connectivity index (χ0v) is 17.8. The Morgan fingerprint density at radius 2 is 1.86 bits per heavy atom. The molecule has 1 aromatic carbocycles. The minimum Gasteiger partial charge on any atom is -0.478 e. The van der Waals surface area contributed by atoms with Crippen LogP contribution in [0.5, 0.6) is 0 Å². The highest BCUT2D eigenvalue weighted by atomic mass is 32.2. The largest absolute Gasteiger partial charge is 0.478 e. The van der Waals surface area contributed by atoms with E-state index in [2.05, 4.69) is 18.0 Å². The molecule has 156 valence electrons. The van der Waals surface area contributed by atoms with E-state index in [1.807, 2.05) is 18.2 Å². The third-order valence-electron chi connectivity index (χ3n) is 6.93. The Morgan fingerprint density at radius 1 is 1.21 bits per heavy atom. The molecule has 3 aliphatic rings. The zero-order chi connectivity index (χ0) is 20.4. The van der Waals surface area contributed by atoms with Gasteiger partial charge in [0.2, 0.25) is 0 Å². The van der Waals surface area contributed by atoms with Crippen LogP contribution in [-0.4, -0.2) is 33.1 Å². The van der Waals surface area contributed by atoms with E-state index in [4.69, 9.17) is 0 Å². The van der Waals surface area contributed by atoms with Gasteiger partial charge in [0.15, 0.2) is 0 Å². The highest BCUT2D eigenvalue weighted by Crippen LogP contribution is 2.50. The van der Waals surface area contributed by atoms with Crippen LogP contribution in [0, 0.1) is 23.6 Å². The first kappa shape index (κ1) is 20.5. The summed E-state index contributed by atoms with van der Waals surface area (Å²) in [5.74, 6) is 1.34. The Kier molecular flexibility index (Phi) is 6.33. The van der Waals surface area contributed by atoms with Crippen LogP contribution in [0.3, 0.4) is 0 Å². The van der Waals surface area contributed by atoms with E-state index in [1.165, 1.54) is 37.8 Å². The number of thioether (sulfide) groups is 1. The predicted molar refractivity (Wildman–Crippen MR) is 116 cm³/mol. The second-order valence-corrected chi connectivity index (χ2v) is 10.3. The van der Waals surface area contributed by atoms with Crippen molar-refractivity contribution in [1.82, 2.24) is 4.90 Å². The van der Waals surface area contributed by atoms with Gasteiger partial charge in [0.1, 0.15) is 11.2 Å². The number of fused-ring (bicyclic) bond motifs is 2. The fourth-order valence-electron chi connectivity index (χ4n) is 5.32. The van der Waals surface area contributed by atoms with Gasteiger partial charge in [0, 0.05) is 18.0 Å². The van der Waals surface area contributed by atoms with Gasteiger partial charge in [-0.1, -0.05) is 19.1 Å². The third kappa shape index (κ3) is 4.71. The maximum atomic E-state index is 13.1. The Bertz CT molecular complexity index is 771. The van der Waals surface area contributed by atoms with Crippen LogP contribution in [0.4, 0.5) is 4.39 Å². The van der Waals surface area contributed by atoms with Crippen molar-refractivity contribution >= 4 is 17.7 Å². The molecule has 3 nitrogen and oxygen atoms in total. The van der Waals surface area contributed by atoms with Crippen LogP contribution < -0.4 is 0 Å². The molecule has 1 aromatic rings. The number of nitrogens with zero attached hydrogens (tertiary/aromatic N) is 1. The van der Waals surface area contributed by atoms with Gasteiger partial charge in [-0.25, -0.2) is 9.18 Å². The molecule has 0 aromatic heterocycles. The van der Waals surface area contributed by atoms with Gasteiger partial charge in [-0.2, -0.15) is 0 Å². The fourth-order valence-corrected chi connectivity index (χ4v) is 6.65. The van der Waals surface area contributed by atoms with Crippen molar-refractivity contribution in [1.29, 1.82) is 0 Å². The standard InChI is InChI=1S/C24H30FNO2S/c1-16(4-5-17-6-12-20(25)13-7-17)29-23-21(24(27)28)3-2-14-26(23)15-22-18-8-9-19(22)11-10-18/h2-3,6-7,12-14,16,18-19,22-23H,4-5,8-11,15H2,1H3,(H,27,28). The number of carbonyl (C=O) groups is 1. The van der Waals surface area contributed by atoms with Gasteiger partial charge in [-0.05, 0) is 86.1 Å². The molecule has 29 heavy (non-hydrogen) atoms. The van der Waals surface area contributed by atoms with Crippen LogP contribution >= 0.6 is 11.8 Å². The Hall–Kier alpha value is -1.75. The van der Waals surface area contributed by atoms with Crippen LogP contribution in [0.2, 0.25) is 0 Å². The van der Waals surface area contributed by atoms with Crippen LogP contribution in [0.25, 0.3) is 0 Å². The number of hydrogen-bond donors (Lipinski definition) is 1. The summed E-state index contributed by atoms with van der Waals surface area (Å²) in [6.07, 6.45) is 12.9. The number of hydrogen-bond acceptors (Lipinski definition) is 3. The van der Waals surface area contributed by atoms with Crippen molar-refractivity contribution in [2.75, 3.05) is 6.54 Å². The number of aliphatic carboxylic acids is 1. The van der Waals surface area contributed by atoms with E-state index in [1.54, 1.807) is 17.8 Å². The molecule has 2 saturated carbocycles. The highest BCUT2D eigenvalue weighted by molar-refractivity contribution is 8.00. The molecule has 1 aliphatic heterocycles. The van der Waals surface area contributed by atoms with Crippen molar-refractivity contribution < 1.29 is 14.3 Å². The summed E-state index contributed by atoms with van der Waals surface area (Å²) in [6, 6.07) is 6.67. The van der Waals surface area contributed by atoms with Gasteiger partial charge in [0.25, 0.3) is 0 Å². The van der Waals surface area contributed by atoms with Crippen LogP contribution in [-0.2, 0) is 11.2 Å². The van der Waals surface area contributed by atoms with E-state index >= 15 is 0 Å². The molecular formula is C24H30FNO2S. The van der Waals surface area contributed by atoms with Crippen LogP contribution in [0.1, 0.15) is 44.6 Å². The highest BCUT2D eigenvalue weighted by Gasteiger charge is 2.43. The lowest BCUT2D eigenvalue weighted by atomic mass is 9.96. The summed E-state index contributed by atoms with van der Waals surface area (Å²) in [7, 11) is 0. The SMILES string of the molecule is CC(CCc1ccc(F)cc1)SC1C(C(=O)O)=CC=CN1CC1C2CCC1CC2. The predicted octanol–water partition coefficient (Wildman–Crippen LogP) is 5.48. The molecule has 0 amide bonds. The summed E-state index contributed by atoms with van der Waals surface area (Å²) >= 11 is 1.75. The van der Waals surface area contributed by atoms with E-state index in [9.17, 15) is 14.3 Å². The molecular weight excluding hydrogens is 385 g/mol. The molecule has 2 bridgehead atoms. The molecule has 4 rings (SSSR count). The summed E-state index contributed by atoms with van der Waals surface area (Å²) in [6.45, 7) is 3.14. The number of halogens is 1. The third-order valence-corrected chi connectivity index (χ3v) is 8.41. The average molecular weight is 416 g/mol. The van der Waals surface area contributed by atoms with E-state index < -0.39 is 5.97 Å². The number of carboxylic acids is 1. The molecule has 2 aliphatic carbocycles.